The molecule has 140 valence electrons. The minimum atomic E-state index is -0.00554. The van der Waals surface area contributed by atoms with E-state index in [4.69, 9.17) is 11.6 Å². The van der Waals surface area contributed by atoms with Crippen LogP contribution in [0.2, 0.25) is 5.02 Å². The zero-order valence-electron chi connectivity index (χ0n) is 15.3. The number of halogens is 1. The van der Waals surface area contributed by atoms with Crippen LogP contribution in [-0.4, -0.2) is 41.3 Å². The smallest absolute Gasteiger partial charge is 0.270 e. The maximum Gasteiger partial charge on any atom is 0.270 e. The minimum Gasteiger partial charge on any atom is -0.356 e. The number of benzene rings is 1. The molecule has 0 spiro atoms. The van der Waals surface area contributed by atoms with Crippen molar-refractivity contribution in [1.29, 1.82) is 0 Å². The number of H-pyrrole nitrogens is 1. The molecule has 2 N–H and O–H groups in total. The highest BCUT2D eigenvalue weighted by Crippen LogP contribution is 2.27. The Morgan fingerprint density at radius 3 is 2.73 bits per heavy atom. The van der Waals surface area contributed by atoms with Gasteiger partial charge in [-0.25, -0.2) is 0 Å². The van der Waals surface area contributed by atoms with Crippen LogP contribution in [0.1, 0.15) is 43.6 Å². The first-order valence-electron chi connectivity index (χ1n) is 9.35. The second-order valence-corrected chi connectivity index (χ2v) is 7.56. The van der Waals surface area contributed by atoms with Crippen molar-refractivity contribution in [3.05, 3.63) is 35.0 Å². The average molecular weight is 376 g/mol. The first-order chi connectivity index (χ1) is 12.5. The maximum absolute atomic E-state index is 12.8. The molecule has 6 heteroatoms. The number of amides is 2. The zero-order chi connectivity index (χ0) is 18.7. The molecule has 2 heterocycles. The molecule has 0 saturated carbocycles. The Balaban J connectivity index is 1.60. The highest BCUT2D eigenvalue weighted by Gasteiger charge is 2.30. The Labute approximate surface area is 159 Å². The molecule has 5 nitrogen and oxygen atoms in total. The summed E-state index contributed by atoms with van der Waals surface area (Å²) in [5, 5.41) is 4.57. The average Bonchev–Trinajstić information content (AvgIpc) is 3.08. The van der Waals surface area contributed by atoms with E-state index in [0.29, 0.717) is 29.7 Å². The highest BCUT2D eigenvalue weighted by atomic mass is 35.5. The van der Waals surface area contributed by atoms with E-state index in [-0.39, 0.29) is 17.7 Å². The van der Waals surface area contributed by atoms with Gasteiger partial charge in [0.15, 0.2) is 0 Å². The largest absolute Gasteiger partial charge is 0.356 e. The van der Waals surface area contributed by atoms with Crippen molar-refractivity contribution in [2.75, 3.05) is 19.6 Å². The lowest BCUT2D eigenvalue weighted by molar-refractivity contribution is -0.126. The standard InChI is InChI=1S/C20H26ClN3O2/c1-3-8-22-19(25)13(2)14-6-9-24(10-7-14)20(26)18-12-15-11-16(21)4-5-17(15)23-18/h4-5,11-14,23H,3,6-10H2,1-2H3,(H,22,25)/t13-/m1/s1. The van der Waals surface area contributed by atoms with E-state index in [1.807, 2.05) is 43.0 Å². The van der Waals surface area contributed by atoms with Crippen LogP contribution < -0.4 is 5.32 Å². The Morgan fingerprint density at radius 1 is 1.31 bits per heavy atom. The number of fused-ring (bicyclic) bond motifs is 1. The topological polar surface area (TPSA) is 65.2 Å². The summed E-state index contributed by atoms with van der Waals surface area (Å²) in [6, 6.07) is 7.41. The molecule has 26 heavy (non-hydrogen) atoms. The van der Waals surface area contributed by atoms with Gasteiger partial charge in [0.1, 0.15) is 5.69 Å². The van der Waals surface area contributed by atoms with Crippen molar-refractivity contribution in [3.8, 4) is 0 Å². The third-order valence-corrected chi connectivity index (χ3v) is 5.55. The van der Waals surface area contributed by atoms with E-state index < -0.39 is 0 Å². The lowest BCUT2D eigenvalue weighted by Crippen LogP contribution is -2.42. The third-order valence-electron chi connectivity index (χ3n) is 5.31. The molecule has 0 aliphatic carbocycles. The Hall–Kier alpha value is -2.01. The van der Waals surface area contributed by atoms with Gasteiger partial charge in [-0.3, -0.25) is 9.59 Å². The Bertz CT molecular complexity index is 793. The summed E-state index contributed by atoms with van der Waals surface area (Å²) in [7, 11) is 0. The van der Waals surface area contributed by atoms with Crippen molar-refractivity contribution in [1.82, 2.24) is 15.2 Å². The maximum atomic E-state index is 12.8. The van der Waals surface area contributed by atoms with E-state index in [0.717, 1.165) is 36.7 Å². The molecule has 1 aliphatic heterocycles. The highest BCUT2D eigenvalue weighted by molar-refractivity contribution is 6.31. The summed E-state index contributed by atoms with van der Waals surface area (Å²) in [6.07, 6.45) is 2.66. The van der Waals surface area contributed by atoms with Crippen LogP contribution in [0.15, 0.2) is 24.3 Å². The van der Waals surface area contributed by atoms with Crippen molar-refractivity contribution in [2.45, 2.75) is 33.1 Å². The molecular formula is C20H26ClN3O2. The summed E-state index contributed by atoms with van der Waals surface area (Å²) in [5.41, 5.74) is 1.50. The molecular weight excluding hydrogens is 350 g/mol. The molecule has 1 aromatic carbocycles. The van der Waals surface area contributed by atoms with Gasteiger partial charge < -0.3 is 15.2 Å². The van der Waals surface area contributed by atoms with Crippen LogP contribution in [0.3, 0.4) is 0 Å². The number of aromatic nitrogens is 1. The van der Waals surface area contributed by atoms with Gasteiger partial charge in [0, 0.05) is 41.5 Å². The molecule has 2 amide bonds. The minimum absolute atomic E-state index is 0.00554. The first kappa shape index (κ1) is 18.8. The van der Waals surface area contributed by atoms with Crippen LogP contribution >= 0.6 is 11.6 Å². The summed E-state index contributed by atoms with van der Waals surface area (Å²) in [6.45, 7) is 6.14. The molecule has 1 aliphatic rings. The lowest BCUT2D eigenvalue weighted by atomic mass is 9.84. The zero-order valence-corrected chi connectivity index (χ0v) is 16.1. The van der Waals surface area contributed by atoms with E-state index in [1.54, 1.807) is 0 Å². The van der Waals surface area contributed by atoms with Gasteiger partial charge in [0.05, 0.1) is 0 Å². The molecule has 1 atom stereocenters. The summed E-state index contributed by atoms with van der Waals surface area (Å²) < 4.78 is 0. The fourth-order valence-corrected chi connectivity index (χ4v) is 3.80. The van der Waals surface area contributed by atoms with Gasteiger partial charge in [-0.2, -0.15) is 0 Å². The number of hydrogen-bond acceptors (Lipinski definition) is 2. The van der Waals surface area contributed by atoms with Crippen LogP contribution in [0, 0.1) is 11.8 Å². The van der Waals surface area contributed by atoms with Crippen molar-refractivity contribution in [3.63, 3.8) is 0 Å². The van der Waals surface area contributed by atoms with Gasteiger partial charge in [-0.15, -0.1) is 0 Å². The summed E-state index contributed by atoms with van der Waals surface area (Å²) >= 11 is 6.02. The number of nitrogens with one attached hydrogen (secondary N) is 2. The molecule has 2 aromatic rings. The molecule has 1 fully saturated rings. The number of carbonyl (C=O) groups excluding carboxylic acids is 2. The Morgan fingerprint density at radius 2 is 2.04 bits per heavy atom. The number of rotatable bonds is 5. The summed E-state index contributed by atoms with van der Waals surface area (Å²) in [5.74, 6) is 0.467. The normalized spacial score (nSPS) is 16.7. The molecule has 1 saturated heterocycles. The van der Waals surface area contributed by atoms with E-state index in [1.165, 1.54) is 0 Å². The van der Waals surface area contributed by atoms with Gasteiger partial charge in [-0.1, -0.05) is 25.4 Å². The van der Waals surface area contributed by atoms with Crippen molar-refractivity contribution >= 4 is 34.3 Å². The lowest BCUT2D eigenvalue weighted by Gasteiger charge is -2.34. The predicted molar refractivity (Wildman–Crippen MR) is 104 cm³/mol. The quantitative estimate of drug-likeness (QED) is 0.833. The number of likely N-dealkylation sites (tertiary alicyclic amines) is 1. The van der Waals surface area contributed by atoms with Gasteiger partial charge >= 0.3 is 0 Å². The fourth-order valence-electron chi connectivity index (χ4n) is 3.61. The number of carbonyl (C=O) groups is 2. The van der Waals surface area contributed by atoms with Crippen LogP contribution in [0.25, 0.3) is 10.9 Å². The molecule has 1 aromatic heterocycles. The fraction of sp³-hybridized carbons (Fsp3) is 0.500. The number of nitrogens with zero attached hydrogens (tertiary/aromatic N) is 1. The second-order valence-electron chi connectivity index (χ2n) is 7.12. The Kier molecular flexibility index (Phi) is 5.87. The first-order valence-corrected chi connectivity index (χ1v) is 9.72. The van der Waals surface area contributed by atoms with Gasteiger partial charge in [0.2, 0.25) is 5.91 Å². The van der Waals surface area contributed by atoms with Gasteiger partial charge in [0.25, 0.3) is 5.91 Å². The SMILES string of the molecule is CCCNC(=O)[C@H](C)C1CCN(C(=O)c2cc3cc(Cl)ccc3[nH]2)CC1. The summed E-state index contributed by atoms with van der Waals surface area (Å²) in [4.78, 5) is 30.0. The van der Waals surface area contributed by atoms with Crippen LogP contribution in [-0.2, 0) is 4.79 Å². The van der Waals surface area contributed by atoms with Gasteiger partial charge in [-0.05, 0) is 49.4 Å². The second kappa shape index (κ2) is 8.12. The number of hydrogen-bond donors (Lipinski definition) is 2. The van der Waals surface area contributed by atoms with Crippen molar-refractivity contribution < 1.29 is 9.59 Å². The van der Waals surface area contributed by atoms with E-state index in [2.05, 4.69) is 10.3 Å². The van der Waals surface area contributed by atoms with Crippen LogP contribution in [0.5, 0.6) is 0 Å². The van der Waals surface area contributed by atoms with E-state index >= 15 is 0 Å². The predicted octanol–water partition coefficient (Wildman–Crippen LogP) is 3.84. The molecule has 0 bridgehead atoms. The van der Waals surface area contributed by atoms with Crippen LogP contribution in [0.4, 0.5) is 0 Å². The molecule has 0 radical (unpaired) electrons. The molecule has 0 unspecified atom stereocenters. The molecule has 3 rings (SSSR count). The van der Waals surface area contributed by atoms with Crippen molar-refractivity contribution in [2.24, 2.45) is 11.8 Å². The monoisotopic (exact) mass is 375 g/mol. The van der Waals surface area contributed by atoms with E-state index in [9.17, 15) is 9.59 Å². The number of piperidine rings is 1. The third kappa shape index (κ3) is 4.04. The number of aromatic amines is 1.